The summed E-state index contributed by atoms with van der Waals surface area (Å²) in [7, 11) is 0. The van der Waals surface area contributed by atoms with Gasteiger partial charge in [0.1, 0.15) is 0 Å². The highest BCUT2D eigenvalue weighted by Crippen LogP contribution is 2.40. The first-order valence-electron chi connectivity index (χ1n) is 6.77. The molecule has 3 N–H and O–H groups in total. The first kappa shape index (κ1) is 13.5. The van der Waals surface area contributed by atoms with Crippen LogP contribution >= 0.6 is 0 Å². The third-order valence-electron chi connectivity index (χ3n) is 3.98. The topological polar surface area (TPSA) is 96.9 Å². The quantitative estimate of drug-likeness (QED) is 0.786. The zero-order chi connectivity index (χ0) is 14.9. The van der Waals surface area contributed by atoms with Gasteiger partial charge in [0.2, 0.25) is 6.79 Å². The van der Waals surface area contributed by atoms with E-state index in [9.17, 15) is 14.7 Å². The van der Waals surface area contributed by atoms with E-state index in [0.29, 0.717) is 30.0 Å². The van der Waals surface area contributed by atoms with Gasteiger partial charge in [-0.3, -0.25) is 4.79 Å². The van der Waals surface area contributed by atoms with Crippen LogP contribution in [0.15, 0.2) is 18.2 Å². The fourth-order valence-corrected chi connectivity index (χ4v) is 2.47. The van der Waals surface area contributed by atoms with E-state index in [4.69, 9.17) is 9.47 Å². The lowest BCUT2D eigenvalue weighted by Gasteiger charge is -2.37. The highest BCUT2D eigenvalue weighted by molar-refractivity contribution is 5.90. The molecule has 7 nitrogen and oxygen atoms in total. The second-order valence-electron chi connectivity index (χ2n) is 5.31. The summed E-state index contributed by atoms with van der Waals surface area (Å²) in [6.45, 7) is 0.310. The SMILES string of the molecule is O=C(NCC1(C(=O)O)CCC1)Nc1ccc2c(c1)OCO2. The van der Waals surface area contributed by atoms with Crippen molar-refractivity contribution in [1.82, 2.24) is 5.32 Å². The third kappa shape index (κ3) is 2.58. The molecule has 2 aliphatic rings. The summed E-state index contributed by atoms with van der Waals surface area (Å²) in [6.07, 6.45) is 2.09. The molecule has 21 heavy (non-hydrogen) atoms. The van der Waals surface area contributed by atoms with Crippen LogP contribution in [0.25, 0.3) is 0 Å². The molecular formula is C14H16N2O5. The summed E-state index contributed by atoms with van der Waals surface area (Å²) in [5.74, 6) is 0.367. The number of carbonyl (C=O) groups is 2. The highest BCUT2D eigenvalue weighted by Gasteiger charge is 2.44. The van der Waals surface area contributed by atoms with Gasteiger partial charge in [-0.15, -0.1) is 0 Å². The lowest BCUT2D eigenvalue weighted by atomic mass is 9.69. The number of benzene rings is 1. The molecule has 3 rings (SSSR count). The van der Waals surface area contributed by atoms with Gasteiger partial charge in [-0.1, -0.05) is 6.42 Å². The van der Waals surface area contributed by atoms with E-state index < -0.39 is 17.4 Å². The predicted octanol–water partition coefficient (Wildman–Crippen LogP) is 1.79. The smallest absolute Gasteiger partial charge is 0.319 e. The largest absolute Gasteiger partial charge is 0.481 e. The van der Waals surface area contributed by atoms with Crippen LogP contribution in [-0.4, -0.2) is 30.4 Å². The molecule has 2 amide bonds. The molecular weight excluding hydrogens is 276 g/mol. The van der Waals surface area contributed by atoms with Gasteiger partial charge in [-0.05, 0) is 25.0 Å². The van der Waals surface area contributed by atoms with E-state index in [1.165, 1.54) is 0 Å². The number of anilines is 1. The number of carboxylic acids is 1. The van der Waals surface area contributed by atoms with Crippen LogP contribution in [0.4, 0.5) is 10.5 Å². The Labute approximate surface area is 121 Å². The molecule has 0 radical (unpaired) electrons. The van der Waals surface area contributed by atoms with Crippen LogP contribution in [0.1, 0.15) is 19.3 Å². The summed E-state index contributed by atoms with van der Waals surface area (Å²) in [4.78, 5) is 23.0. The van der Waals surface area contributed by atoms with Gasteiger partial charge in [0.05, 0.1) is 5.41 Å². The van der Waals surface area contributed by atoms with E-state index in [-0.39, 0.29) is 13.3 Å². The Morgan fingerprint density at radius 3 is 2.67 bits per heavy atom. The molecule has 1 aliphatic heterocycles. The number of urea groups is 1. The molecule has 1 saturated carbocycles. The molecule has 1 fully saturated rings. The lowest BCUT2D eigenvalue weighted by Crippen LogP contribution is -2.48. The number of hydrogen-bond acceptors (Lipinski definition) is 4. The van der Waals surface area contributed by atoms with Gasteiger partial charge in [0.15, 0.2) is 11.5 Å². The second-order valence-corrected chi connectivity index (χ2v) is 5.31. The molecule has 1 aromatic rings. The maximum absolute atomic E-state index is 11.8. The number of carboxylic acid groups (broad SMARTS) is 1. The number of fused-ring (bicyclic) bond motifs is 1. The van der Waals surface area contributed by atoms with Crippen molar-refractivity contribution in [2.24, 2.45) is 5.41 Å². The van der Waals surface area contributed by atoms with Crippen molar-refractivity contribution in [1.29, 1.82) is 0 Å². The van der Waals surface area contributed by atoms with Gasteiger partial charge in [-0.25, -0.2) is 4.79 Å². The Bertz CT molecular complexity index is 583. The maximum atomic E-state index is 11.8. The molecule has 0 saturated heterocycles. The summed E-state index contributed by atoms with van der Waals surface area (Å²) < 4.78 is 10.4. The number of rotatable bonds is 4. The monoisotopic (exact) mass is 292 g/mol. The van der Waals surface area contributed by atoms with Crippen molar-refractivity contribution >= 4 is 17.7 Å². The van der Waals surface area contributed by atoms with Crippen molar-refractivity contribution < 1.29 is 24.2 Å². The molecule has 7 heteroatoms. The van der Waals surface area contributed by atoms with Crippen LogP contribution in [0.3, 0.4) is 0 Å². The molecule has 0 bridgehead atoms. The van der Waals surface area contributed by atoms with Crippen molar-refractivity contribution in [3.05, 3.63) is 18.2 Å². The summed E-state index contributed by atoms with van der Waals surface area (Å²) in [6, 6.07) is 4.64. The standard InChI is InChI=1S/C14H16N2O5/c17-12(18)14(4-1-5-14)7-15-13(19)16-9-2-3-10-11(6-9)21-8-20-10/h2-3,6H,1,4-5,7-8H2,(H,17,18)(H2,15,16,19). The summed E-state index contributed by atoms with van der Waals surface area (Å²) >= 11 is 0. The summed E-state index contributed by atoms with van der Waals surface area (Å²) in [5.41, 5.74) is -0.235. The van der Waals surface area contributed by atoms with Crippen molar-refractivity contribution in [3.63, 3.8) is 0 Å². The first-order valence-corrected chi connectivity index (χ1v) is 6.77. The fraction of sp³-hybridized carbons (Fsp3) is 0.429. The molecule has 112 valence electrons. The van der Waals surface area contributed by atoms with E-state index in [0.717, 1.165) is 6.42 Å². The number of ether oxygens (including phenoxy) is 2. The van der Waals surface area contributed by atoms with Gasteiger partial charge < -0.3 is 25.2 Å². The van der Waals surface area contributed by atoms with Crippen LogP contribution in [0.5, 0.6) is 11.5 Å². The Hall–Kier alpha value is -2.44. The van der Waals surface area contributed by atoms with Crippen molar-refractivity contribution in [2.75, 3.05) is 18.7 Å². The minimum absolute atomic E-state index is 0.138. The van der Waals surface area contributed by atoms with Crippen LogP contribution in [0, 0.1) is 5.41 Å². The molecule has 0 spiro atoms. The second kappa shape index (κ2) is 5.16. The number of nitrogens with one attached hydrogen (secondary N) is 2. The fourth-order valence-electron chi connectivity index (χ4n) is 2.47. The van der Waals surface area contributed by atoms with Crippen LogP contribution in [0.2, 0.25) is 0 Å². The number of hydrogen-bond donors (Lipinski definition) is 3. The molecule has 1 aromatic carbocycles. The minimum Gasteiger partial charge on any atom is -0.481 e. The number of carbonyl (C=O) groups excluding carboxylic acids is 1. The van der Waals surface area contributed by atoms with Crippen LogP contribution < -0.4 is 20.1 Å². The Balaban J connectivity index is 1.56. The first-order chi connectivity index (χ1) is 10.1. The van der Waals surface area contributed by atoms with Crippen LogP contribution in [-0.2, 0) is 4.79 Å². The number of aliphatic carboxylic acids is 1. The van der Waals surface area contributed by atoms with E-state index >= 15 is 0 Å². The Morgan fingerprint density at radius 1 is 1.24 bits per heavy atom. The highest BCUT2D eigenvalue weighted by atomic mass is 16.7. The molecule has 0 atom stereocenters. The van der Waals surface area contributed by atoms with Gasteiger partial charge in [-0.2, -0.15) is 0 Å². The van der Waals surface area contributed by atoms with Gasteiger partial charge in [0.25, 0.3) is 0 Å². The molecule has 1 aliphatic carbocycles. The zero-order valence-electron chi connectivity index (χ0n) is 11.3. The average molecular weight is 292 g/mol. The normalized spacial score (nSPS) is 17.7. The van der Waals surface area contributed by atoms with Gasteiger partial charge in [0, 0.05) is 18.3 Å². The molecule has 0 aromatic heterocycles. The Morgan fingerprint density at radius 2 is 2.00 bits per heavy atom. The van der Waals surface area contributed by atoms with Crippen molar-refractivity contribution in [3.8, 4) is 11.5 Å². The molecule has 1 heterocycles. The average Bonchev–Trinajstić information content (AvgIpc) is 2.84. The third-order valence-corrected chi connectivity index (χ3v) is 3.98. The maximum Gasteiger partial charge on any atom is 0.319 e. The van der Waals surface area contributed by atoms with Gasteiger partial charge >= 0.3 is 12.0 Å². The molecule has 0 unspecified atom stereocenters. The predicted molar refractivity (Wildman–Crippen MR) is 73.5 cm³/mol. The lowest BCUT2D eigenvalue weighted by molar-refractivity contribution is -0.153. The summed E-state index contributed by atoms with van der Waals surface area (Å²) in [5, 5.41) is 14.5. The van der Waals surface area contributed by atoms with E-state index in [1.54, 1.807) is 18.2 Å². The minimum atomic E-state index is -0.850. The number of amides is 2. The van der Waals surface area contributed by atoms with E-state index in [1.807, 2.05) is 0 Å². The zero-order valence-corrected chi connectivity index (χ0v) is 11.3. The van der Waals surface area contributed by atoms with Crippen molar-refractivity contribution in [2.45, 2.75) is 19.3 Å². The Kier molecular flexibility index (Phi) is 3.32. The van der Waals surface area contributed by atoms with E-state index in [2.05, 4.69) is 10.6 Å².